The van der Waals surface area contributed by atoms with E-state index in [1.165, 1.54) is 27.5 Å². The van der Waals surface area contributed by atoms with Crippen LogP contribution in [0.15, 0.2) is 35.4 Å². The summed E-state index contributed by atoms with van der Waals surface area (Å²) in [5.74, 6) is 1.77. The molecule has 1 amide bonds. The number of rotatable bonds is 10. The van der Waals surface area contributed by atoms with Gasteiger partial charge in [0.15, 0.2) is 11.5 Å². The number of benzene rings is 2. The maximum atomic E-state index is 11.9. The monoisotopic (exact) mass is 440 g/mol. The summed E-state index contributed by atoms with van der Waals surface area (Å²) in [6, 6.07) is 8.42. The molecular formula is C20H22Cl2N2O5. The summed E-state index contributed by atoms with van der Waals surface area (Å²) in [5, 5.41) is 4.92. The van der Waals surface area contributed by atoms with E-state index >= 15 is 0 Å². The van der Waals surface area contributed by atoms with Crippen LogP contribution >= 0.6 is 23.2 Å². The maximum Gasteiger partial charge on any atom is 0.240 e. The molecule has 2 aromatic carbocycles. The van der Waals surface area contributed by atoms with Gasteiger partial charge in [0, 0.05) is 17.0 Å². The van der Waals surface area contributed by atoms with E-state index in [1.54, 1.807) is 30.3 Å². The van der Waals surface area contributed by atoms with Crippen molar-refractivity contribution < 1.29 is 23.7 Å². The molecule has 2 rings (SSSR count). The van der Waals surface area contributed by atoms with E-state index in [2.05, 4.69) is 10.5 Å². The van der Waals surface area contributed by atoms with Crippen LogP contribution in [0.5, 0.6) is 23.0 Å². The Kier molecular flexibility index (Phi) is 8.89. The number of nitrogens with one attached hydrogen (secondary N) is 1. The van der Waals surface area contributed by atoms with Gasteiger partial charge in [0.25, 0.3) is 0 Å². The first-order valence-electron chi connectivity index (χ1n) is 8.68. The van der Waals surface area contributed by atoms with Crippen molar-refractivity contribution in [1.29, 1.82) is 0 Å². The van der Waals surface area contributed by atoms with Crippen LogP contribution in [0.25, 0.3) is 0 Å². The summed E-state index contributed by atoms with van der Waals surface area (Å²) in [6.07, 6.45) is 2.24. The van der Waals surface area contributed by atoms with Crippen LogP contribution in [0.1, 0.15) is 18.4 Å². The molecule has 0 aliphatic carbocycles. The van der Waals surface area contributed by atoms with Gasteiger partial charge in [0.1, 0.15) is 5.75 Å². The van der Waals surface area contributed by atoms with Gasteiger partial charge in [-0.3, -0.25) is 4.79 Å². The molecule has 0 atom stereocenters. The summed E-state index contributed by atoms with van der Waals surface area (Å²) in [4.78, 5) is 11.9. The van der Waals surface area contributed by atoms with Crippen molar-refractivity contribution in [3.63, 3.8) is 0 Å². The lowest BCUT2D eigenvalue weighted by atomic mass is 10.2. The zero-order valence-corrected chi connectivity index (χ0v) is 17.8. The molecule has 9 heteroatoms. The van der Waals surface area contributed by atoms with Crippen LogP contribution in [0.3, 0.4) is 0 Å². The van der Waals surface area contributed by atoms with Crippen molar-refractivity contribution >= 4 is 35.3 Å². The number of hydrogen-bond acceptors (Lipinski definition) is 6. The molecule has 0 radical (unpaired) electrons. The highest BCUT2D eigenvalue weighted by atomic mass is 35.5. The number of halogens is 2. The van der Waals surface area contributed by atoms with Gasteiger partial charge in [-0.2, -0.15) is 5.10 Å². The average molecular weight is 441 g/mol. The molecule has 2 aromatic rings. The Morgan fingerprint density at radius 2 is 1.72 bits per heavy atom. The van der Waals surface area contributed by atoms with Crippen LogP contribution in [0.2, 0.25) is 10.0 Å². The number of carbonyl (C=O) groups excluding carboxylic acids is 1. The Balaban J connectivity index is 1.82. The molecule has 0 saturated heterocycles. The van der Waals surface area contributed by atoms with E-state index in [0.29, 0.717) is 51.6 Å². The third-order valence-electron chi connectivity index (χ3n) is 3.79. The van der Waals surface area contributed by atoms with Crippen LogP contribution in [0, 0.1) is 0 Å². The summed E-state index contributed by atoms with van der Waals surface area (Å²) in [7, 11) is 4.58. The van der Waals surface area contributed by atoms with Gasteiger partial charge in [0.2, 0.25) is 11.7 Å². The first-order valence-corrected chi connectivity index (χ1v) is 9.43. The molecule has 0 aliphatic heterocycles. The highest BCUT2D eigenvalue weighted by Crippen LogP contribution is 2.37. The Bertz CT molecular complexity index is 849. The van der Waals surface area contributed by atoms with Gasteiger partial charge < -0.3 is 18.9 Å². The van der Waals surface area contributed by atoms with Gasteiger partial charge in [-0.15, -0.1) is 0 Å². The highest BCUT2D eigenvalue weighted by Gasteiger charge is 2.12. The minimum Gasteiger partial charge on any atom is -0.493 e. The molecule has 0 aromatic heterocycles. The zero-order chi connectivity index (χ0) is 21.2. The molecule has 7 nitrogen and oxygen atoms in total. The molecule has 0 fully saturated rings. The predicted octanol–water partition coefficient (Wildman–Crippen LogP) is 4.33. The summed E-state index contributed by atoms with van der Waals surface area (Å²) in [6.45, 7) is 0.339. The van der Waals surface area contributed by atoms with Crippen molar-refractivity contribution in [2.45, 2.75) is 12.8 Å². The van der Waals surface area contributed by atoms with E-state index < -0.39 is 0 Å². The number of carbonyl (C=O) groups is 1. The SMILES string of the molecule is COc1cc(/C=N/NC(=O)CCCOc2ccc(Cl)cc2Cl)cc(OC)c1OC. The lowest BCUT2D eigenvalue weighted by Gasteiger charge is -2.12. The highest BCUT2D eigenvalue weighted by molar-refractivity contribution is 6.35. The number of hydrogen-bond donors (Lipinski definition) is 1. The predicted molar refractivity (Wildman–Crippen MR) is 113 cm³/mol. The normalized spacial score (nSPS) is 10.7. The van der Waals surface area contributed by atoms with E-state index in [9.17, 15) is 4.79 Å². The Morgan fingerprint density at radius 1 is 1.03 bits per heavy atom. The average Bonchev–Trinajstić information content (AvgIpc) is 2.71. The maximum absolute atomic E-state index is 11.9. The summed E-state index contributed by atoms with van der Waals surface area (Å²) >= 11 is 11.9. The molecule has 0 saturated carbocycles. The van der Waals surface area contributed by atoms with Crippen LogP contribution in [-0.2, 0) is 4.79 Å². The Morgan fingerprint density at radius 3 is 2.31 bits per heavy atom. The van der Waals surface area contributed by atoms with Crippen LogP contribution in [0.4, 0.5) is 0 Å². The van der Waals surface area contributed by atoms with E-state index in [0.717, 1.165) is 0 Å². The number of nitrogens with zero attached hydrogens (tertiary/aromatic N) is 1. The largest absolute Gasteiger partial charge is 0.493 e. The topological polar surface area (TPSA) is 78.4 Å². The molecule has 0 spiro atoms. The molecule has 0 unspecified atom stereocenters. The number of methoxy groups -OCH3 is 3. The minimum absolute atomic E-state index is 0.237. The Hall–Kier alpha value is -2.64. The lowest BCUT2D eigenvalue weighted by molar-refractivity contribution is -0.121. The van der Waals surface area contributed by atoms with E-state index in [4.69, 9.17) is 42.1 Å². The lowest BCUT2D eigenvalue weighted by Crippen LogP contribution is -2.18. The molecule has 29 heavy (non-hydrogen) atoms. The smallest absolute Gasteiger partial charge is 0.240 e. The quantitative estimate of drug-likeness (QED) is 0.338. The van der Waals surface area contributed by atoms with Crippen molar-refractivity contribution in [2.75, 3.05) is 27.9 Å². The fraction of sp³-hybridized carbons (Fsp3) is 0.300. The molecule has 1 N–H and O–H groups in total. The van der Waals surface area contributed by atoms with E-state index in [1.807, 2.05) is 0 Å². The third kappa shape index (κ3) is 6.73. The molecule has 0 bridgehead atoms. The molecular weight excluding hydrogens is 419 g/mol. The second kappa shape index (κ2) is 11.4. The van der Waals surface area contributed by atoms with Gasteiger partial charge in [-0.1, -0.05) is 23.2 Å². The van der Waals surface area contributed by atoms with Gasteiger partial charge in [0.05, 0.1) is 39.2 Å². The first-order chi connectivity index (χ1) is 14.0. The number of hydrazone groups is 1. The molecule has 0 heterocycles. The third-order valence-corrected chi connectivity index (χ3v) is 4.32. The van der Waals surface area contributed by atoms with Crippen molar-refractivity contribution in [3.8, 4) is 23.0 Å². The second-order valence-electron chi connectivity index (χ2n) is 5.78. The van der Waals surface area contributed by atoms with E-state index in [-0.39, 0.29) is 12.3 Å². The summed E-state index contributed by atoms with van der Waals surface area (Å²) in [5.41, 5.74) is 3.15. The van der Waals surface area contributed by atoms with Gasteiger partial charge in [-0.05, 0) is 36.8 Å². The summed E-state index contributed by atoms with van der Waals surface area (Å²) < 4.78 is 21.4. The second-order valence-corrected chi connectivity index (χ2v) is 6.62. The van der Waals surface area contributed by atoms with Crippen molar-refractivity contribution in [3.05, 3.63) is 45.9 Å². The van der Waals surface area contributed by atoms with Crippen molar-refractivity contribution in [2.24, 2.45) is 5.10 Å². The fourth-order valence-corrected chi connectivity index (χ4v) is 2.88. The van der Waals surface area contributed by atoms with Crippen LogP contribution < -0.4 is 24.4 Å². The van der Waals surface area contributed by atoms with Gasteiger partial charge in [-0.25, -0.2) is 5.43 Å². The van der Waals surface area contributed by atoms with Gasteiger partial charge >= 0.3 is 0 Å². The Labute approximate surface area is 179 Å². The molecule has 0 aliphatic rings. The van der Waals surface area contributed by atoms with Crippen LogP contribution in [-0.4, -0.2) is 40.1 Å². The number of amides is 1. The standard InChI is InChI=1S/C20H22Cl2N2O5/c1-26-17-9-13(10-18(27-2)20(17)28-3)12-23-24-19(25)5-4-8-29-16-7-6-14(21)11-15(16)22/h6-7,9-12H,4-5,8H2,1-3H3,(H,24,25)/b23-12+. The number of ether oxygens (including phenoxy) is 4. The first kappa shape index (κ1) is 22.6. The molecule has 156 valence electrons. The fourth-order valence-electron chi connectivity index (χ4n) is 2.42. The zero-order valence-electron chi connectivity index (χ0n) is 16.3. The minimum atomic E-state index is -0.237. The van der Waals surface area contributed by atoms with Crippen molar-refractivity contribution in [1.82, 2.24) is 5.43 Å².